The number of nitrogens with zero attached hydrogens (tertiary/aromatic N) is 4. The van der Waals surface area contributed by atoms with Crippen molar-refractivity contribution in [2.24, 2.45) is 10.9 Å². The van der Waals surface area contributed by atoms with Crippen molar-refractivity contribution < 1.29 is 9.57 Å². The Labute approximate surface area is 187 Å². The third-order valence-corrected chi connectivity index (χ3v) is 6.69. The number of morpholine rings is 1. The first-order chi connectivity index (χ1) is 15.6. The smallest absolute Gasteiger partial charge is 0.145 e. The molecule has 1 aromatic rings. The number of hydrogen-bond donors (Lipinski definition) is 2. The lowest BCUT2D eigenvalue weighted by Gasteiger charge is -2.33. The number of hydrogen-bond acceptors (Lipinski definition) is 7. The molecule has 0 amide bonds. The Kier molecular flexibility index (Phi) is 4.84. The van der Waals surface area contributed by atoms with Gasteiger partial charge in [-0.3, -0.25) is 15.2 Å². The standard InChI is InChI=1S/C24H28N6O2/c1-15(20-4-2-3-9-26-20)32-30-12-17(7-8-22(30)25)21-11-23(28-24(27-21)16-5-6-16)29-13-19-10-18(29)14-31-19/h2-4,7-9,11,15-16,18-19,25H,5-6,10,12-14H2,1H3,(H,27,28)/t15?,18-,19-/m0/s1. The van der Waals surface area contributed by atoms with E-state index in [1.807, 2.05) is 31.2 Å². The first kappa shape index (κ1) is 19.7. The fourth-order valence-electron chi connectivity index (χ4n) is 4.72. The Bertz CT molecular complexity index is 1040. The second kappa shape index (κ2) is 7.86. The van der Waals surface area contributed by atoms with E-state index in [4.69, 9.17) is 20.0 Å². The van der Waals surface area contributed by atoms with Crippen LogP contribution in [0.4, 0.5) is 0 Å². The zero-order valence-corrected chi connectivity index (χ0v) is 18.2. The van der Waals surface area contributed by atoms with Crippen molar-refractivity contribution in [3.63, 3.8) is 0 Å². The van der Waals surface area contributed by atoms with Crippen LogP contribution in [0.3, 0.4) is 0 Å². The van der Waals surface area contributed by atoms with Crippen molar-refractivity contribution in [2.75, 3.05) is 19.7 Å². The summed E-state index contributed by atoms with van der Waals surface area (Å²) in [7, 11) is 0. The van der Waals surface area contributed by atoms with E-state index in [9.17, 15) is 0 Å². The Morgan fingerprint density at radius 1 is 1.28 bits per heavy atom. The quantitative estimate of drug-likeness (QED) is 0.744. The van der Waals surface area contributed by atoms with Crippen LogP contribution in [-0.2, 0) is 9.57 Å². The lowest BCUT2D eigenvalue weighted by molar-refractivity contribution is -0.138. The SMILES string of the molecule is CC(ON1CC(=C2C=C(N3C[C@@H]4C[C@H]3CO4)N=C(C3CC3)N2)C=CC1=N)c1ccccn1. The molecular formula is C24H28N6O2. The van der Waals surface area contributed by atoms with Gasteiger partial charge in [0, 0.05) is 30.4 Å². The van der Waals surface area contributed by atoms with Gasteiger partial charge in [0.25, 0.3) is 0 Å². The fraction of sp³-hybridized carbons (Fsp3) is 0.458. The Morgan fingerprint density at radius 2 is 2.19 bits per heavy atom. The van der Waals surface area contributed by atoms with Gasteiger partial charge in [0.15, 0.2) is 0 Å². The maximum absolute atomic E-state index is 8.34. The number of rotatable bonds is 5. The molecule has 3 atom stereocenters. The minimum atomic E-state index is -0.247. The molecule has 1 saturated carbocycles. The number of pyridine rings is 1. The van der Waals surface area contributed by atoms with Gasteiger partial charge in [0.1, 0.15) is 23.6 Å². The maximum Gasteiger partial charge on any atom is 0.145 e. The van der Waals surface area contributed by atoms with Gasteiger partial charge in [0.2, 0.25) is 0 Å². The highest BCUT2D eigenvalue weighted by Crippen LogP contribution is 2.36. The van der Waals surface area contributed by atoms with Crippen LogP contribution in [0.2, 0.25) is 0 Å². The molecule has 32 heavy (non-hydrogen) atoms. The molecule has 1 aliphatic carbocycles. The van der Waals surface area contributed by atoms with Gasteiger partial charge in [-0.2, -0.15) is 0 Å². The molecule has 2 saturated heterocycles. The van der Waals surface area contributed by atoms with Gasteiger partial charge in [-0.25, -0.2) is 10.1 Å². The van der Waals surface area contributed by atoms with E-state index in [0.717, 1.165) is 48.2 Å². The number of allylic oxidation sites excluding steroid dienone is 1. The van der Waals surface area contributed by atoms with Crippen LogP contribution >= 0.6 is 0 Å². The Hall–Kier alpha value is -2.97. The molecule has 5 heterocycles. The van der Waals surface area contributed by atoms with Crippen LogP contribution in [0.1, 0.15) is 38.0 Å². The molecule has 8 nitrogen and oxygen atoms in total. The molecule has 3 fully saturated rings. The van der Waals surface area contributed by atoms with E-state index in [0.29, 0.717) is 30.4 Å². The van der Waals surface area contributed by atoms with E-state index < -0.39 is 0 Å². The van der Waals surface area contributed by atoms with E-state index in [1.54, 1.807) is 17.3 Å². The molecule has 8 heteroatoms. The predicted molar refractivity (Wildman–Crippen MR) is 121 cm³/mol. The van der Waals surface area contributed by atoms with Crippen molar-refractivity contribution in [1.82, 2.24) is 20.3 Å². The summed E-state index contributed by atoms with van der Waals surface area (Å²) >= 11 is 0. The monoisotopic (exact) mass is 432 g/mol. The molecular weight excluding hydrogens is 404 g/mol. The molecule has 5 aliphatic rings. The van der Waals surface area contributed by atoms with Gasteiger partial charge < -0.3 is 15.0 Å². The number of hydroxylamine groups is 2. The molecule has 0 spiro atoms. The average Bonchev–Trinajstić information content (AvgIpc) is 3.47. The first-order valence-electron chi connectivity index (χ1n) is 11.4. The van der Waals surface area contributed by atoms with Crippen molar-refractivity contribution in [3.8, 4) is 0 Å². The van der Waals surface area contributed by atoms with Gasteiger partial charge >= 0.3 is 0 Å². The van der Waals surface area contributed by atoms with Gasteiger partial charge in [-0.1, -0.05) is 12.1 Å². The summed E-state index contributed by atoms with van der Waals surface area (Å²) < 4.78 is 5.79. The molecule has 0 aromatic carbocycles. The fourth-order valence-corrected chi connectivity index (χ4v) is 4.72. The van der Waals surface area contributed by atoms with E-state index >= 15 is 0 Å². The van der Waals surface area contributed by atoms with Crippen LogP contribution in [0, 0.1) is 11.3 Å². The van der Waals surface area contributed by atoms with E-state index in [-0.39, 0.29) is 6.10 Å². The Balaban J connectivity index is 1.26. The average molecular weight is 433 g/mol. The topological polar surface area (TPSA) is 86.1 Å². The minimum Gasteiger partial charge on any atom is -0.374 e. The summed E-state index contributed by atoms with van der Waals surface area (Å²) in [5.41, 5.74) is 2.97. The summed E-state index contributed by atoms with van der Waals surface area (Å²) in [4.78, 5) is 17.9. The lowest BCUT2D eigenvalue weighted by atomic mass is 10.1. The van der Waals surface area contributed by atoms with Gasteiger partial charge in [-0.05, 0) is 50.0 Å². The highest BCUT2D eigenvalue weighted by atomic mass is 16.7. The van der Waals surface area contributed by atoms with E-state index in [1.165, 1.54) is 12.8 Å². The van der Waals surface area contributed by atoms with Gasteiger partial charge in [-0.15, -0.1) is 0 Å². The first-order valence-corrected chi connectivity index (χ1v) is 11.4. The summed E-state index contributed by atoms with van der Waals surface area (Å²) in [5, 5.41) is 13.6. The minimum absolute atomic E-state index is 0.247. The molecule has 4 aliphatic heterocycles. The normalized spacial score (nSPS) is 30.3. The molecule has 166 valence electrons. The van der Waals surface area contributed by atoms with Crippen LogP contribution in [-0.4, -0.2) is 58.5 Å². The number of amidine groups is 2. The largest absolute Gasteiger partial charge is 0.374 e. The van der Waals surface area contributed by atoms with Crippen LogP contribution in [0.5, 0.6) is 0 Å². The van der Waals surface area contributed by atoms with Crippen molar-refractivity contribution in [3.05, 3.63) is 65.4 Å². The van der Waals surface area contributed by atoms with Crippen LogP contribution < -0.4 is 5.32 Å². The van der Waals surface area contributed by atoms with Crippen molar-refractivity contribution >= 4 is 11.7 Å². The second-order valence-electron chi connectivity index (χ2n) is 9.09. The van der Waals surface area contributed by atoms with Crippen molar-refractivity contribution in [2.45, 2.75) is 44.4 Å². The third kappa shape index (κ3) is 3.73. The van der Waals surface area contributed by atoms with Crippen LogP contribution in [0.15, 0.2) is 64.7 Å². The molecule has 2 N–H and O–H groups in total. The number of likely N-dealkylation sites (tertiary alicyclic amines) is 1. The molecule has 1 aromatic heterocycles. The molecule has 1 unspecified atom stereocenters. The highest BCUT2D eigenvalue weighted by Gasteiger charge is 2.41. The number of aromatic nitrogens is 1. The molecule has 2 bridgehead atoms. The van der Waals surface area contributed by atoms with Crippen molar-refractivity contribution in [1.29, 1.82) is 5.41 Å². The molecule has 6 rings (SSSR count). The predicted octanol–water partition coefficient (Wildman–Crippen LogP) is 2.90. The molecule has 0 radical (unpaired) electrons. The summed E-state index contributed by atoms with van der Waals surface area (Å²) in [6, 6.07) is 6.20. The third-order valence-electron chi connectivity index (χ3n) is 6.69. The number of ether oxygens (including phenoxy) is 1. The summed E-state index contributed by atoms with van der Waals surface area (Å²) in [6.07, 6.45) is 11.3. The number of aliphatic imine (C=N–C) groups is 1. The number of nitrogens with one attached hydrogen (secondary N) is 2. The summed E-state index contributed by atoms with van der Waals surface area (Å²) in [6.45, 7) is 4.16. The van der Waals surface area contributed by atoms with E-state index in [2.05, 4.69) is 21.3 Å². The number of fused-ring (bicyclic) bond motifs is 2. The lowest BCUT2D eigenvalue weighted by Crippen LogP contribution is -2.40. The second-order valence-corrected chi connectivity index (χ2v) is 9.09. The zero-order chi connectivity index (χ0) is 21.7. The summed E-state index contributed by atoms with van der Waals surface area (Å²) in [5.74, 6) is 2.96. The Morgan fingerprint density at radius 3 is 2.91 bits per heavy atom. The van der Waals surface area contributed by atoms with Gasteiger partial charge in [0.05, 0.1) is 31.0 Å². The highest BCUT2D eigenvalue weighted by molar-refractivity contribution is 5.93. The maximum atomic E-state index is 8.34. The van der Waals surface area contributed by atoms with Crippen LogP contribution in [0.25, 0.3) is 0 Å². The zero-order valence-electron chi connectivity index (χ0n) is 18.2.